The first-order valence-electron chi connectivity index (χ1n) is 4.13. The van der Waals surface area contributed by atoms with Gasteiger partial charge in [-0.15, -0.1) is 0 Å². The Morgan fingerprint density at radius 2 is 2.23 bits per heavy atom. The van der Waals surface area contributed by atoms with Gasteiger partial charge < -0.3 is 10.1 Å². The van der Waals surface area contributed by atoms with E-state index < -0.39 is 6.10 Å². The third-order valence-corrected chi connectivity index (χ3v) is 2.75. The third-order valence-electron chi connectivity index (χ3n) is 2.13. The van der Waals surface area contributed by atoms with E-state index in [1.807, 2.05) is 30.5 Å². The number of benzene rings is 1. The van der Waals surface area contributed by atoms with Crippen molar-refractivity contribution in [3.8, 4) is 0 Å². The molecule has 0 aliphatic rings. The minimum Gasteiger partial charge on any atom is -0.388 e. The Hall–Kier alpha value is -0.800. The van der Waals surface area contributed by atoms with Crippen LogP contribution >= 0.6 is 15.9 Å². The van der Waals surface area contributed by atoms with Crippen LogP contribution < -0.4 is 0 Å². The molecule has 1 aromatic heterocycles. The third kappa shape index (κ3) is 1.49. The van der Waals surface area contributed by atoms with Crippen molar-refractivity contribution >= 4 is 26.8 Å². The maximum absolute atomic E-state index is 9.68. The number of aromatic amines is 1. The second kappa shape index (κ2) is 3.52. The molecule has 13 heavy (non-hydrogen) atoms. The fourth-order valence-electron chi connectivity index (χ4n) is 1.48. The summed E-state index contributed by atoms with van der Waals surface area (Å²) in [5.74, 6) is 0. The molecule has 0 bridgehead atoms. The maximum Gasteiger partial charge on any atom is 0.0893 e. The van der Waals surface area contributed by atoms with E-state index in [-0.39, 0.29) is 0 Å². The number of aliphatic hydroxyl groups excluding tert-OH is 1. The van der Waals surface area contributed by atoms with Gasteiger partial charge >= 0.3 is 0 Å². The van der Waals surface area contributed by atoms with Crippen molar-refractivity contribution in [3.63, 3.8) is 0 Å². The van der Waals surface area contributed by atoms with E-state index in [9.17, 15) is 5.11 Å². The molecule has 0 aliphatic heterocycles. The number of rotatable bonds is 2. The van der Waals surface area contributed by atoms with Crippen molar-refractivity contribution in [2.45, 2.75) is 6.10 Å². The van der Waals surface area contributed by atoms with Crippen molar-refractivity contribution in [2.24, 2.45) is 0 Å². The Kier molecular flexibility index (Phi) is 2.38. The number of nitrogens with one attached hydrogen (secondary N) is 1. The molecule has 0 saturated heterocycles. The second-order valence-corrected chi connectivity index (χ2v) is 3.60. The summed E-state index contributed by atoms with van der Waals surface area (Å²) in [5, 5.41) is 11.3. The highest BCUT2D eigenvalue weighted by atomic mass is 79.9. The van der Waals surface area contributed by atoms with Crippen LogP contribution in [0, 0.1) is 0 Å². The lowest BCUT2D eigenvalue weighted by Crippen LogP contribution is -1.98. The van der Waals surface area contributed by atoms with Crippen LogP contribution in [-0.4, -0.2) is 15.4 Å². The van der Waals surface area contributed by atoms with Crippen molar-refractivity contribution in [1.82, 2.24) is 4.98 Å². The molecule has 0 spiro atoms. The van der Waals surface area contributed by atoms with Gasteiger partial charge in [0.05, 0.1) is 6.10 Å². The molecule has 0 radical (unpaired) electrons. The Balaban J connectivity index is 2.60. The van der Waals surface area contributed by atoms with Gasteiger partial charge in [-0.05, 0) is 17.7 Å². The molecule has 0 fully saturated rings. The summed E-state index contributed by atoms with van der Waals surface area (Å²) in [6.07, 6.45) is 1.45. The van der Waals surface area contributed by atoms with Crippen LogP contribution in [0.2, 0.25) is 0 Å². The van der Waals surface area contributed by atoms with Crippen LogP contribution in [-0.2, 0) is 0 Å². The van der Waals surface area contributed by atoms with E-state index in [2.05, 4.69) is 20.9 Å². The van der Waals surface area contributed by atoms with Gasteiger partial charge in [0.1, 0.15) is 0 Å². The Labute approximate surface area is 84.7 Å². The molecule has 2 nitrogen and oxygen atoms in total. The van der Waals surface area contributed by atoms with Crippen molar-refractivity contribution in [3.05, 3.63) is 36.0 Å². The average molecular weight is 240 g/mol. The van der Waals surface area contributed by atoms with E-state index in [0.717, 1.165) is 16.5 Å². The minimum atomic E-state index is -0.431. The summed E-state index contributed by atoms with van der Waals surface area (Å²) in [7, 11) is 0. The number of aromatic nitrogens is 1. The molecular formula is C10H10BrNO. The quantitative estimate of drug-likeness (QED) is 0.777. The van der Waals surface area contributed by atoms with Gasteiger partial charge in [0, 0.05) is 22.4 Å². The topological polar surface area (TPSA) is 36.0 Å². The van der Waals surface area contributed by atoms with E-state index in [4.69, 9.17) is 0 Å². The van der Waals surface area contributed by atoms with Crippen molar-refractivity contribution in [2.75, 3.05) is 5.33 Å². The first-order valence-corrected chi connectivity index (χ1v) is 5.25. The largest absolute Gasteiger partial charge is 0.388 e. The first kappa shape index (κ1) is 8.78. The Morgan fingerprint density at radius 3 is 3.00 bits per heavy atom. The molecule has 2 N–H and O–H groups in total. The van der Waals surface area contributed by atoms with E-state index in [1.54, 1.807) is 0 Å². The SMILES string of the molecule is OC(CBr)c1cccc2[nH]ccc12. The molecular weight excluding hydrogens is 230 g/mol. The van der Waals surface area contributed by atoms with Gasteiger partial charge in [-0.25, -0.2) is 0 Å². The van der Waals surface area contributed by atoms with Gasteiger partial charge in [-0.3, -0.25) is 0 Å². The number of fused-ring (bicyclic) bond motifs is 1. The number of hydrogen-bond donors (Lipinski definition) is 2. The lowest BCUT2D eigenvalue weighted by atomic mass is 10.1. The molecule has 1 aromatic carbocycles. The van der Waals surface area contributed by atoms with Crippen LogP contribution in [0.5, 0.6) is 0 Å². The second-order valence-electron chi connectivity index (χ2n) is 2.96. The summed E-state index contributed by atoms with van der Waals surface area (Å²) in [4.78, 5) is 3.11. The van der Waals surface area contributed by atoms with Crippen molar-refractivity contribution in [1.29, 1.82) is 0 Å². The van der Waals surface area contributed by atoms with Crippen LogP contribution in [0.15, 0.2) is 30.5 Å². The zero-order valence-electron chi connectivity index (χ0n) is 7.00. The van der Waals surface area contributed by atoms with Crippen LogP contribution in [0.3, 0.4) is 0 Å². The van der Waals surface area contributed by atoms with Crippen LogP contribution in [0.1, 0.15) is 11.7 Å². The molecule has 1 atom stereocenters. The fourth-order valence-corrected chi connectivity index (χ4v) is 1.83. The minimum absolute atomic E-state index is 0.431. The monoisotopic (exact) mass is 239 g/mol. The molecule has 2 rings (SSSR count). The molecule has 1 heterocycles. The molecule has 1 unspecified atom stereocenters. The van der Waals surface area contributed by atoms with E-state index >= 15 is 0 Å². The lowest BCUT2D eigenvalue weighted by molar-refractivity contribution is 0.207. The first-order chi connectivity index (χ1) is 6.33. The maximum atomic E-state index is 9.68. The van der Waals surface area contributed by atoms with Crippen LogP contribution in [0.25, 0.3) is 10.9 Å². The number of hydrogen-bond acceptors (Lipinski definition) is 1. The molecule has 68 valence electrons. The van der Waals surface area contributed by atoms with Gasteiger partial charge in [-0.2, -0.15) is 0 Å². The number of H-pyrrole nitrogens is 1. The zero-order valence-corrected chi connectivity index (χ0v) is 8.58. The predicted octanol–water partition coefficient (Wildman–Crippen LogP) is 2.60. The molecule has 0 aliphatic carbocycles. The Bertz CT molecular complexity index is 410. The van der Waals surface area contributed by atoms with E-state index in [1.165, 1.54) is 0 Å². The summed E-state index contributed by atoms with van der Waals surface area (Å²) in [6, 6.07) is 7.87. The molecule has 3 heteroatoms. The predicted molar refractivity (Wildman–Crippen MR) is 57.1 cm³/mol. The number of halogens is 1. The summed E-state index contributed by atoms with van der Waals surface area (Å²) in [5.41, 5.74) is 2.04. The highest BCUT2D eigenvalue weighted by molar-refractivity contribution is 9.09. The molecule has 0 amide bonds. The summed E-state index contributed by atoms with van der Waals surface area (Å²) >= 11 is 3.27. The van der Waals surface area contributed by atoms with E-state index in [0.29, 0.717) is 5.33 Å². The van der Waals surface area contributed by atoms with Gasteiger partial charge in [0.2, 0.25) is 0 Å². The highest BCUT2D eigenvalue weighted by Gasteiger charge is 2.09. The van der Waals surface area contributed by atoms with Gasteiger partial charge in [-0.1, -0.05) is 28.1 Å². The molecule has 0 saturated carbocycles. The fraction of sp³-hybridized carbons (Fsp3) is 0.200. The van der Waals surface area contributed by atoms with Crippen LogP contribution in [0.4, 0.5) is 0 Å². The normalized spacial score (nSPS) is 13.4. The summed E-state index contributed by atoms with van der Waals surface area (Å²) in [6.45, 7) is 0. The highest BCUT2D eigenvalue weighted by Crippen LogP contribution is 2.24. The summed E-state index contributed by atoms with van der Waals surface area (Å²) < 4.78 is 0. The van der Waals surface area contributed by atoms with Gasteiger partial charge in [0.25, 0.3) is 0 Å². The van der Waals surface area contributed by atoms with Gasteiger partial charge in [0.15, 0.2) is 0 Å². The Morgan fingerprint density at radius 1 is 1.38 bits per heavy atom. The number of alkyl halides is 1. The lowest BCUT2D eigenvalue weighted by Gasteiger charge is -2.07. The standard InChI is InChI=1S/C10H10BrNO/c11-6-10(13)8-2-1-3-9-7(8)4-5-12-9/h1-5,10,12-13H,6H2. The van der Waals surface area contributed by atoms with Crippen molar-refractivity contribution < 1.29 is 5.11 Å². The average Bonchev–Trinajstić information content (AvgIpc) is 2.63. The zero-order chi connectivity index (χ0) is 9.26. The molecule has 2 aromatic rings. The number of aliphatic hydroxyl groups is 1. The smallest absolute Gasteiger partial charge is 0.0893 e.